The third kappa shape index (κ3) is 5.99. The summed E-state index contributed by atoms with van der Waals surface area (Å²) in [7, 11) is 3.79. The van der Waals surface area contributed by atoms with Gasteiger partial charge in [-0.3, -0.25) is 4.79 Å². The number of halogens is 2. The van der Waals surface area contributed by atoms with E-state index in [4.69, 9.17) is 5.73 Å². The molecule has 0 radical (unpaired) electrons. The molecule has 0 aromatic heterocycles. The minimum Gasteiger partial charge on any atom is -0.353 e. The highest BCUT2D eigenvalue weighted by atomic mass is 35.5. The van der Waals surface area contributed by atoms with Gasteiger partial charge in [-0.25, -0.2) is 4.39 Å². The standard InChI is InChI=1S/C15H24FN3O.ClH/c1-10(2)14(17)15(20)18-9-13(19(3)4)11-6-5-7-12(16)8-11;/h5-8,10,13-14H,9,17H2,1-4H3,(H,18,20);1H/t13?,14-;/m0./s1. The summed E-state index contributed by atoms with van der Waals surface area (Å²) in [5, 5.41) is 2.84. The molecule has 0 fully saturated rings. The van der Waals surface area contributed by atoms with E-state index in [1.165, 1.54) is 12.1 Å². The van der Waals surface area contributed by atoms with Crippen molar-refractivity contribution in [1.29, 1.82) is 0 Å². The first-order valence-corrected chi connectivity index (χ1v) is 6.78. The largest absolute Gasteiger partial charge is 0.353 e. The normalized spacial score (nSPS) is 13.7. The first kappa shape index (κ1) is 19.8. The zero-order valence-electron chi connectivity index (χ0n) is 13.0. The number of nitrogens with two attached hydrogens (primary N) is 1. The molecular formula is C15H25ClFN3O. The van der Waals surface area contributed by atoms with E-state index in [2.05, 4.69) is 5.32 Å². The van der Waals surface area contributed by atoms with Gasteiger partial charge in [-0.15, -0.1) is 12.4 Å². The number of hydrogen-bond donors (Lipinski definition) is 2. The van der Waals surface area contributed by atoms with Gasteiger partial charge < -0.3 is 16.0 Å². The number of benzene rings is 1. The van der Waals surface area contributed by atoms with Crippen LogP contribution in [0.3, 0.4) is 0 Å². The highest BCUT2D eigenvalue weighted by molar-refractivity contribution is 5.85. The average molecular weight is 318 g/mol. The molecule has 0 aliphatic carbocycles. The predicted octanol–water partition coefficient (Wildman–Crippen LogP) is 1.95. The van der Waals surface area contributed by atoms with Crippen LogP contribution >= 0.6 is 12.4 Å². The van der Waals surface area contributed by atoms with Crippen LogP contribution < -0.4 is 11.1 Å². The van der Waals surface area contributed by atoms with Crippen LogP contribution in [0.4, 0.5) is 4.39 Å². The quantitative estimate of drug-likeness (QED) is 0.843. The van der Waals surface area contributed by atoms with E-state index in [0.717, 1.165) is 5.56 Å². The molecule has 0 saturated heterocycles. The van der Waals surface area contributed by atoms with Gasteiger partial charge in [0.1, 0.15) is 5.82 Å². The lowest BCUT2D eigenvalue weighted by Gasteiger charge is -2.26. The number of carbonyl (C=O) groups excluding carboxylic acids is 1. The smallest absolute Gasteiger partial charge is 0.237 e. The zero-order chi connectivity index (χ0) is 15.3. The predicted molar refractivity (Wildman–Crippen MR) is 85.9 cm³/mol. The van der Waals surface area contributed by atoms with Gasteiger partial charge in [-0.05, 0) is 37.7 Å². The molecule has 1 amide bonds. The first-order chi connectivity index (χ1) is 9.32. The van der Waals surface area contributed by atoms with Gasteiger partial charge in [0.05, 0.1) is 12.1 Å². The van der Waals surface area contributed by atoms with Crippen molar-refractivity contribution in [3.05, 3.63) is 35.6 Å². The second-order valence-corrected chi connectivity index (χ2v) is 5.55. The number of hydrogen-bond acceptors (Lipinski definition) is 3. The Morgan fingerprint density at radius 3 is 2.48 bits per heavy atom. The highest BCUT2D eigenvalue weighted by Crippen LogP contribution is 2.18. The molecule has 120 valence electrons. The van der Waals surface area contributed by atoms with E-state index in [1.54, 1.807) is 6.07 Å². The molecule has 2 atom stereocenters. The Kier molecular flexibility index (Phi) is 8.47. The molecule has 1 unspecified atom stereocenters. The minimum absolute atomic E-state index is 0. The van der Waals surface area contributed by atoms with Crippen molar-refractivity contribution in [3.8, 4) is 0 Å². The average Bonchev–Trinajstić information content (AvgIpc) is 2.37. The molecule has 1 rings (SSSR count). The zero-order valence-corrected chi connectivity index (χ0v) is 13.8. The van der Waals surface area contributed by atoms with Gasteiger partial charge in [0.15, 0.2) is 0 Å². The maximum atomic E-state index is 13.3. The fourth-order valence-corrected chi connectivity index (χ4v) is 1.93. The number of amides is 1. The van der Waals surface area contributed by atoms with Crippen molar-refractivity contribution in [3.63, 3.8) is 0 Å². The molecule has 6 heteroatoms. The summed E-state index contributed by atoms with van der Waals surface area (Å²) < 4.78 is 13.3. The second kappa shape index (κ2) is 8.97. The molecule has 0 spiro atoms. The summed E-state index contributed by atoms with van der Waals surface area (Å²) in [6.07, 6.45) is 0. The van der Waals surface area contributed by atoms with Crippen LogP contribution in [0.25, 0.3) is 0 Å². The van der Waals surface area contributed by atoms with E-state index in [-0.39, 0.29) is 36.1 Å². The van der Waals surface area contributed by atoms with E-state index in [0.29, 0.717) is 6.54 Å². The lowest BCUT2D eigenvalue weighted by molar-refractivity contribution is -0.123. The van der Waals surface area contributed by atoms with E-state index in [9.17, 15) is 9.18 Å². The molecule has 1 aromatic carbocycles. The third-order valence-electron chi connectivity index (χ3n) is 3.35. The van der Waals surface area contributed by atoms with Crippen LogP contribution in [0.2, 0.25) is 0 Å². The lowest BCUT2D eigenvalue weighted by Crippen LogP contribution is -2.46. The number of likely N-dealkylation sites (N-methyl/N-ethyl adjacent to an activating group) is 1. The number of rotatable bonds is 6. The van der Waals surface area contributed by atoms with Crippen LogP contribution in [0.5, 0.6) is 0 Å². The molecule has 21 heavy (non-hydrogen) atoms. The summed E-state index contributed by atoms with van der Waals surface area (Å²) >= 11 is 0. The van der Waals surface area contributed by atoms with Crippen LogP contribution in [0.1, 0.15) is 25.5 Å². The Morgan fingerprint density at radius 1 is 1.38 bits per heavy atom. The second-order valence-electron chi connectivity index (χ2n) is 5.55. The summed E-state index contributed by atoms with van der Waals surface area (Å²) in [4.78, 5) is 13.8. The summed E-state index contributed by atoms with van der Waals surface area (Å²) in [6.45, 7) is 4.20. The van der Waals surface area contributed by atoms with Crippen LogP contribution in [-0.2, 0) is 4.79 Å². The highest BCUT2D eigenvalue weighted by Gasteiger charge is 2.20. The fraction of sp³-hybridized carbons (Fsp3) is 0.533. The fourth-order valence-electron chi connectivity index (χ4n) is 1.93. The number of nitrogens with zero attached hydrogens (tertiary/aromatic N) is 1. The molecule has 0 heterocycles. The van der Waals surface area contributed by atoms with Crippen molar-refractivity contribution in [2.75, 3.05) is 20.6 Å². The molecule has 4 nitrogen and oxygen atoms in total. The van der Waals surface area contributed by atoms with Gasteiger partial charge in [-0.1, -0.05) is 26.0 Å². The Hall–Kier alpha value is -1.17. The summed E-state index contributed by atoms with van der Waals surface area (Å²) in [6, 6.07) is 5.80. The van der Waals surface area contributed by atoms with Crippen molar-refractivity contribution >= 4 is 18.3 Å². The van der Waals surface area contributed by atoms with E-state index in [1.807, 2.05) is 38.9 Å². The monoisotopic (exact) mass is 317 g/mol. The summed E-state index contributed by atoms with van der Waals surface area (Å²) in [5.41, 5.74) is 6.63. The van der Waals surface area contributed by atoms with E-state index < -0.39 is 6.04 Å². The molecular weight excluding hydrogens is 293 g/mol. The maximum absolute atomic E-state index is 13.3. The van der Waals surface area contributed by atoms with Gasteiger partial charge >= 0.3 is 0 Å². The Bertz CT molecular complexity index is 454. The Labute approximate surface area is 132 Å². The van der Waals surface area contributed by atoms with Gasteiger partial charge in [0.2, 0.25) is 5.91 Å². The van der Waals surface area contributed by atoms with Gasteiger partial charge in [-0.2, -0.15) is 0 Å². The maximum Gasteiger partial charge on any atom is 0.237 e. The summed E-state index contributed by atoms with van der Waals surface area (Å²) in [5.74, 6) is -0.371. The molecule has 3 N–H and O–H groups in total. The molecule has 1 aromatic rings. The number of nitrogens with one attached hydrogen (secondary N) is 1. The van der Waals surface area contributed by atoms with Crippen LogP contribution in [0.15, 0.2) is 24.3 Å². The molecule has 0 saturated carbocycles. The first-order valence-electron chi connectivity index (χ1n) is 6.78. The van der Waals surface area contributed by atoms with Gasteiger partial charge in [0, 0.05) is 6.54 Å². The SMILES string of the molecule is CC(C)[C@H](N)C(=O)NCC(c1cccc(F)c1)N(C)C.Cl. The topological polar surface area (TPSA) is 58.4 Å². The molecule has 0 bridgehead atoms. The van der Waals surface area contributed by atoms with E-state index >= 15 is 0 Å². The van der Waals surface area contributed by atoms with Crippen molar-refractivity contribution in [2.24, 2.45) is 11.7 Å². The minimum atomic E-state index is -0.523. The Balaban J connectivity index is 0.00000400. The number of carbonyl (C=O) groups is 1. The molecule has 0 aliphatic heterocycles. The van der Waals surface area contributed by atoms with Gasteiger partial charge in [0.25, 0.3) is 0 Å². The van der Waals surface area contributed by atoms with Crippen molar-refractivity contribution < 1.29 is 9.18 Å². The van der Waals surface area contributed by atoms with Crippen LogP contribution in [-0.4, -0.2) is 37.5 Å². The van der Waals surface area contributed by atoms with Crippen LogP contribution in [0, 0.1) is 11.7 Å². The Morgan fingerprint density at radius 2 is 2.00 bits per heavy atom. The van der Waals surface area contributed by atoms with Crippen molar-refractivity contribution in [1.82, 2.24) is 10.2 Å². The lowest BCUT2D eigenvalue weighted by atomic mass is 10.0. The molecule has 0 aliphatic rings. The third-order valence-corrected chi connectivity index (χ3v) is 3.35. The van der Waals surface area contributed by atoms with Crippen molar-refractivity contribution in [2.45, 2.75) is 25.9 Å².